The highest BCUT2D eigenvalue weighted by Crippen LogP contribution is 2.32. The summed E-state index contributed by atoms with van der Waals surface area (Å²) in [6, 6.07) is 16.7. The molecule has 2 heterocycles. The predicted octanol–water partition coefficient (Wildman–Crippen LogP) is 4.30. The molecule has 1 aromatic heterocycles. The summed E-state index contributed by atoms with van der Waals surface area (Å²) in [5.74, 6) is 1.73. The van der Waals surface area contributed by atoms with Crippen LogP contribution in [0, 0.1) is 0 Å². The van der Waals surface area contributed by atoms with Gasteiger partial charge in [0.25, 0.3) is 0 Å². The lowest BCUT2D eigenvalue weighted by atomic mass is 9.93. The van der Waals surface area contributed by atoms with Crippen LogP contribution in [0.2, 0.25) is 5.02 Å². The number of ether oxygens (including phenoxy) is 2. The molecule has 0 radical (unpaired) electrons. The molecule has 6 heteroatoms. The van der Waals surface area contributed by atoms with Gasteiger partial charge in [0.05, 0.1) is 12.2 Å². The minimum atomic E-state index is -0.373. The molecule has 0 spiro atoms. The highest BCUT2D eigenvalue weighted by molar-refractivity contribution is 6.30. The molecule has 27 heavy (non-hydrogen) atoms. The molecular weight excluding hydrogens is 366 g/mol. The summed E-state index contributed by atoms with van der Waals surface area (Å²) in [4.78, 5) is 12.9. The minimum absolute atomic E-state index is 0.0774. The smallest absolute Gasteiger partial charge is 0.231 e. The Hall–Kier alpha value is -2.92. The topological polar surface area (TPSA) is 60.7 Å². The van der Waals surface area contributed by atoms with Gasteiger partial charge in [-0.25, -0.2) is 0 Å². The van der Waals surface area contributed by atoms with E-state index in [1.54, 1.807) is 18.4 Å². The zero-order chi connectivity index (χ0) is 18.6. The van der Waals surface area contributed by atoms with E-state index in [9.17, 15) is 4.79 Å². The van der Waals surface area contributed by atoms with Crippen molar-refractivity contribution >= 4 is 17.5 Å². The van der Waals surface area contributed by atoms with Crippen LogP contribution < -0.4 is 14.8 Å². The van der Waals surface area contributed by atoms with Gasteiger partial charge < -0.3 is 19.2 Å². The number of benzene rings is 2. The third kappa shape index (κ3) is 4.09. The first kappa shape index (κ1) is 17.5. The molecule has 4 rings (SSSR count). The van der Waals surface area contributed by atoms with E-state index >= 15 is 0 Å². The SMILES string of the molecule is O=C(NCc1ccc2c(c1)OCO2)C(Cc1ccco1)c1ccc(Cl)cc1. The van der Waals surface area contributed by atoms with Crippen molar-refractivity contribution in [2.45, 2.75) is 18.9 Å². The van der Waals surface area contributed by atoms with Gasteiger partial charge in [0, 0.05) is 18.0 Å². The second-order valence-corrected chi connectivity index (χ2v) is 6.73. The summed E-state index contributed by atoms with van der Waals surface area (Å²) < 4.78 is 16.1. The van der Waals surface area contributed by atoms with Crippen LogP contribution in [0.5, 0.6) is 11.5 Å². The predicted molar refractivity (Wildman–Crippen MR) is 101 cm³/mol. The van der Waals surface area contributed by atoms with Gasteiger partial charge in [-0.1, -0.05) is 29.8 Å². The van der Waals surface area contributed by atoms with Crippen LogP contribution >= 0.6 is 11.6 Å². The molecule has 5 nitrogen and oxygen atoms in total. The quantitative estimate of drug-likeness (QED) is 0.689. The lowest BCUT2D eigenvalue weighted by Gasteiger charge is -2.17. The number of rotatable bonds is 6. The molecule has 1 unspecified atom stereocenters. The highest BCUT2D eigenvalue weighted by Gasteiger charge is 2.22. The molecule has 1 N–H and O–H groups in total. The van der Waals surface area contributed by atoms with Crippen molar-refractivity contribution in [1.29, 1.82) is 0 Å². The number of carbonyl (C=O) groups excluding carboxylic acids is 1. The fourth-order valence-electron chi connectivity index (χ4n) is 3.05. The number of carbonyl (C=O) groups is 1. The molecule has 0 bridgehead atoms. The minimum Gasteiger partial charge on any atom is -0.469 e. The first-order valence-corrected chi connectivity index (χ1v) is 9.01. The first-order chi connectivity index (χ1) is 13.2. The van der Waals surface area contributed by atoms with Gasteiger partial charge in [-0.05, 0) is 47.5 Å². The Morgan fingerprint density at radius 1 is 1.07 bits per heavy atom. The maximum absolute atomic E-state index is 12.9. The van der Waals surface area contributed by atoms with Crippen molar-refractivity contribution < 1.29 is 18.7 Å². The molecule has 0 saturated carbocycles. The Balaban J connectivity index is 1.48. The van der Waals surface area contributed by atoms with Crippen LogP contribution in [0.3, 0.4) is 0 Å². The fourth-order valence-corrected chi connectivity index (χ4v) is 3.18. The van der Waals surface area contributed by atoms with Crippen LogP contribution in [-0.2, 0) is 17.8 Å². The maximum Gasteiger partial charge on any atom is 0.231 e. The van der Waals surface area contributed by atoms with Crippen LogP contribution in [0.15, 0.2) is 65.3 Å². The summed E-state index contributed by atoms with van der Waals surface area (Å²) >= 11 is 5.99. The molecule has 3 aromatic rings. The molecule has 0 aliphatic carbocycles. The highest BCUT2D eigenvalue weighted by atomic mass is 35.5. The Labute approximate surface area is 161 Å². The van der Waals surface area contributed by atoms with E-state index in [1.165, 1.54) is 0 Å². The van der Waals surface area contributed by atoms with Crippen molar-refractivity contribution in [2.24, 2.45) is 0 Å². The van der Waals surface area contributed by atoms with E-state index in [2.05, 4.69) is 5.32 Å². The van der Waals surface area contributed by atoms with E-state index in [0.29, 0.717) is 23.7 Å². The summed E-state index contributed by atoms with van der Waals surface area (Å²) in [6.07, 6.45) is 2.08. The maximum atomic E-state index is 12.9. The Kier molecular flexibility index (Phi) is 5.03. The second-order valence-electron chi connectivity index (χ2n) is 6.29. The average molecular weight is 384 g/mol. The van der Waals surface area contributed by atoms with E-state index < -0.39 is 0 Å². The Morgan fingerprint density at radius 3 is 2.67 bits per heavy atom. The number of fused-ring (bicyclic) bond motifs is 1. The van der Waals surface area contributed by atoms with Crippen LogP contribution in [-0.4, -0.2) is 12.7 Å². The van der Waals surface area contributed by atoms with Crippen molar-refractivity contribution in [3.8, 4) is 11.5 Å². The monoisotopic (exact) mass is 383 g/mol. The number of nitrogens with one attached hydrogen (secondary N) is 1. The van der Waals surface area contributed by atoms with Crippen molar-refractivity contribution in [3.05, 3.63) is 82.8 Å². The Morgan fingerprint density at radius 2 is 1.89 bits per heavy atom. The van der Waals surface area contributed by atoms with Gasteiger partial charge in [0.2, 0.25) is 12.7 Å². The van der Waals surface area contributed by atoms with Gasteiger partial charge in [0.15, 0.2) is 11.5 Å². The zero-order valence-corrected chi connectivity index (χ0v) is 15.2. The van der Waals surface area contributed by atoms with Crippen molar-refractivity contribution in [2.75, 3.05) is 6.79 Å². The number of hydrogen-bond acceptors (Lipinski definition) is 4. The summed E-state index contributed by atoms with van der Waals surface area (Å²) in [5, 5.41) is 3.64. The van der Waals surface area contributed by atoms with Crippen molar-refractivity contribution in [3.63, 3.8) is 0 Å². The number of halogens is 1. The largest absolute Gasteiger partial charge is 0.469 e. The second kappa shape index (κ2) is 7.76. The van der Waals surface area contributed by atoms with Crippen LogP contribution in [0.25, 0.3) is 0 Å². The van der Waals surface area contributed by atoms with E-state index in [1.807, 2.05) is 42.5 Å². The summed E-state index contributed by atoms with van der Waals surface area (Å²) in [5.41, 5.74) is 1.83. The standard InChI is InChI=1S/C21H18ClNO4/c22-16-6-4-15(5-7-16)18(11-17-2-1-9-25-17)21(24)23-12-14-3-8-19-20(10-14)27-13-26-19/h1-10,18H,11-13H2,(H,23,24). The average Bonchev–Trinajstić information content (AvgIpc) is 3.36. The lowest BCUT2D eigenvalue weighted by Crippen LogP contribution is -2.30. The van der Waals surface area contributed by atoms with Crippen molar-refractivity contribution in [1.82, 2.24) is 5.32 Å². The van der Waals surface area contributed by atoms with Crippen LogP contribution in [0.4, 0.5) is 0 Å². The molecular formula is C21H18ClNO4. The van der Waals surface area contributed by atoms with Gasteiger partial charge in [0.1, 0.15) is 5.76 Å². The number of furan rings is 1. The van der Waals surface area contributed by atoms with Gasteiger partial charge in [-0.15, -0.1) is 0 Å². The third-order valence-electron chi connectivity index (χ3n) is 4.48. The van der Waals surface area contributed by atoms with Gasteiger partial charge in [-0.2, -0.15) is 0 Å². The zero-order valence-electron chi connectivity index (χ0n) is 14.5. The molecule has 138 valence electrons. The number of hydrogen-bond donors (Lipinski definition) is 1. The van der Waals surface area contributed by atoms with E-state index in [4.69, 9.17) is 25.5 Å². The molecule has 0 fully saturated rings. The normalized spacial score (nSPS) is 13.4. The molecule has 2 aromatic carbocycles. The fraction of sp³-hybridized carbons (Fsp3) is 0.190. The van der Waals surface area contributed by atoms with E-state index in [-0.39, 0.29) is 18.6 Å². The first-order valence-electron chi connectivity index (χ1n) is 8.63. The van der Waals surface area contributed by atoms with Crippen LogP contribution in [0.1, 0.15) is 22.8 Å². The van der Waals surface area contributed by atoms with E-state index in [0.717, 1.165) is 22.6 Å². The summed E-state index contributed by atoms with van der Waals surface area (Å²) in [7, 11) is 0. The summed E-state index contributed by atoms with van der Waals surface area (Å²) in [6.45, 7) is 0.630. The molecule has 1 atom stereocenters. The molecule has 1 aliphatic heterocycles. The molecule has 0 saturated heterocycles. The van der Waals surface area contributed by atoms with Gasteiger partial charge >= 0.3 is 0 Å². The third-order valence-corrected chi connectivity index (χ3v) is 4.73. The lowest BCUT2D eigenvalue weighted by molar-refractivity contribution is -0.122. The number of amides is 1. The Bertz CT molecular complexity index is 922. The molecule has 1 aliphatic rings. The van der Waals surface area contributed by atoms with Gasteiger partial charge in [-0.3, -0.25) is 4.79 Å². The molecule has 1 amide bonds.